The molecule has 0 saturated heterocycles. The molecule has 1 N–H and O–H groups in total. The van der Waals surface area contributed by atoms with Crippen molar-refractivity contribution in [1.82, 2.24) is 15.3 Å². The van der Waals surface area contributed by atoms with Gasteiger partial charge in [-0.3, -0.25) is 9.78 Å². The summed E-state index contributed by atoms with van der Waals surface area (Å²) in [5.74, 6) is 0.101. The maximum absolute atomic E-state index is 11.7. The third-order valence-corrected chi connectivity index (χ3v) is 3.95. The number of aromatic nitrogens is 2. The number of nitrogens with one attached hydrogen (secondary N) is 1. The van der Waals surface area contributed by atoms with Crippen molar-refractivity contribution in [3.63, 3.8) is 0 Å². The highest BCUT2D eigenvalue weighted by Crippen LogP contribution is 2.10. The summed E-state index contributed by atoms with van der Waals surface area (Å²) in [6.45, 7) is 2.71. The number of carbonyl (C=O) groups is 1. The molecule has 0 aromatic carbocycles. The van der Waals surface area contributed by atoms with Crippen LogP contribution in [-0.2, 0) is 17.6 Å². The van der Waals surface area contributed by atoms with Gasteiger partial charge in [0.25, 0.3) is 0 Å². The van der Waals surface area contributed by atoms with E-state index in [-0.39, 0.29) is 5.91 Å². The fourth-order valence-electron chi connectivity index (χ4n) is 1.88. The number of thiazole rings is 1. The van der Waals surface area contributed by atoms with Gasteiger partial charge in [-0.05, 0) is 31.4 Å². The average Bonchev–Trinajstić information content (AvgIpc) is 2.88. The molecule has 0 fully saturated rings. The van der Waals surface area contributed by atoms with Gasteiger partial charge >= 0.3 is 0 Å². The van der Waals surface area contributed by atoms with E-state index in [1.165, 1.54) is 0 Å². The first-order valence-electron chi connectivity index (χ1n) is 6.80. The van der Waals surface area contributed by atoms with Crippen LogP contribution in [-0.4, -0.2) is 22.4 Å². The predicted molar refractivity (Wildman–Crippen MR) is 80.7 cm³/mol. The van der Waals surface area contributed by atoms with E-state index in [9.17, 15) is 4.79 Å². The minimum Gasteiger partial charge on any atom is -0.356 e. The van der Waals surface area contributed by atoms with Crippen LogP contribution in [0.5, 0.6) is 0 Å². The molecule has 0 aliphatic heterocycles. The van der Waals surface area contributed by atoms with Crippen molar-refractivity contribution in [2.75, 3.05) is 6.54 Å². The van der Waals surface area contributed by atoms with E-state index in [1.54, 1.807) is 23.7 Å². The molecule has 1 amide bonds. The van der Waals surface area contributed by atoms with Gasteiger partial charge in [-0.1, -0.05) is 6.07 Å². The van der Waals surface area contributed by atoms with Crippen molar-refractivity contribution in [2.45, 2.75) is 32.6 Å². The largest absolute Gasteiger partial charge is 0.356 e. The molecule has 0 bridgehead atoms. The van der Waals surface area contributed by atoms with Crippen LogP contribution >= 0.6 is 11.3 Å². The number of carbonyl (C=O) groups excluding carboxylic acids is 1. The highest BCUT2D eigenvalue weighted by Gasteiger charge is 2.03. The van der Waals surface area contributed by atoms with Gasteiger partial charge in [0.15, 0.2) is 0 Å². The van der Waals surface area contributed by atoms with Crippen LogP contribution < -0.4 is 5.32 Å². The average molecular weight is 289 g/mol. The number of amides is 1. The van der Waals surface area contributed by atoms with E-state index in [0.29, 0.717) is 13.0 Å². The summed E-state index contributed by atoms with van der Waals surface area (Å²) in [6.07, 6.45) is 6.67. The Morgan fingerprint density at radius 3 is 3.00 bits per heavy atom. The number of pyridine rings is 1. The summed E-state index contributed by atoms with van der Waals surface area (Å²) in [5.41, 5.74) is 2.17. The van der Waals surface area contributed by atoms with Crippen LogP contribution in [0.4, 0.5) is 0 Å². The van der Waals surface area contributed by atoms with Crippen LogP contribution in [0.25, 0.3) is 0 Å². The molecule has 0 aliphatic rings. The summed E-state index contributed by atoms with van der Waals surface area (Å²) in [7, 11) is 0. The number of hydrogen-bond donors (Lipinski definition) is 1. The minimum atomic E-state index is 0.101. The van der Waals surface area contributed by atoms with Crippen molar-refractivity contribution in [2.24, 2.45) is 0 Å². The van der Waals surface area contributed by atoms with Gasteiger partial charge in [-0.25, -0.2) is 4.98 Å². The number of nitrogens with zero attached hydrogens (tertiary/aromatic N) is 2. The van der Waals surface area contributed by atoms with Crippen molar-refractivity contribution in [1.29, 1.82) is 0 Å². The molecule has 2 heterocycles. The third-order valence-electron chi connectivity index (χ3n) is 2.92. The van der Waals surface area contributed by atoms with E-state index in [0.717, 1.165) is 35.5 Å². The number of aryl methyl sites for hydroxylation is 3. The molecule has 0 unspecified atom stereocenters. The lowest BCUT2D eigenvalue weighted by molar-refractivity contribution is -0.121. The molecule has 0 spiro atoms. The molecule has 0 atom stereocenters. The number of rotatable bonds is 7. The Kier molecular flexibility index (Phi) is 5.68. The van der Waals surface area contributed by atoms with E-state index in [1.807, 2.05) is 19.1 Å². The quantitative estimate of drug-likeness (QED) is 0.797. The molecule has 0 aliphatic carbocycles. The van der Waals surface area contributed by atoms with Gasteiger partial charge in [-0.2, -0.15) is 0 Å². The van der Waals surface area contributed by atoms with E-state index in [2.05, 4.69) is 20.7 Å². The first-order valence-corrected chi connectivity index (χ1v) is 7.68. The molecule has 4 nitrogen and oxygen atoms in total. The summed E-state index contributed by atoms with van der Waals surface area (Å²) in [6, 6.07) is 3.88. The Bertz CT molecular complexity index is 539. The Hall–Kier alpha value is -1.75. The van der Waals surface area contributed by atoms with E-state index < -0.39 is 0 Å². The highest BCUT2D eigenvalue weighted by molar-refractivity contribution is 7.09. The van der Waals surface area contributed by atoms with Crippen LogP contribution in [0.2, 0.25) is 0 Å². The first kappa shape index (κ1) is 14.7. The zero-order chi connectivity index (χ0) is 14.2. The monoisotopic (exact) mass is 289 g/mol. The van der Waals surface area contributed by atoms with Crippen LogP contribution in [0.1, 0.15) is 29.1 Å². The van der Waals surface area contributed by atoms with Gasteiger partial charge < -0.3 is 5.32 Å². The standard InChI is InChI=1S/C15H19N3OS/c1-12-11-20-15(18-12)5-3-9-17-14(19)7-6-13-4-2-8-16-10-13/h2,4,8,10-11H,3,5-7,9H2,1H3,(H,17,19). The molecule has 0 radical (unpaired) electrons. The maximum Gasteiger partial charge on any atom is 0.220 e. The minimum absolute atomic E-state index is 0.101. The van der Waals surface area contributed by atoms with Crippen molar-refractivity contribution in [3.8, 4) is 0 Å². The lowest BCUT2D eigenvalue weighted by Gasteiger charge is -2.04. The van der Waals surface area contributed by atoms with E-state index >= 15 is 0 Å². The molecule has 2 rings (SSSR count). The molecule has 5 heteroatoms. The highest BCUT2D eigenvalue weighted by atomic mass is 32.1. The molecular formula is C15H19N3OS. The molecule has 106 valence electrons. The second kappa shape index (κ2) is 7.75. The summed E-state index contributed by atoms with van der Waals surface area (Å²) in [4.78, 5) is 20.1. The van der Waals surface area contributed by atoms with Gasteiger partial charge in [0, 0.05) is 42.9 Å². The van der Waals surface area contributed by atoms with E-state index in [4.69, 9.17) is 0 Å². The maximum atomic E-state index is 11.7. The van der Waals surface area contributed by atoms with Gasteiger partial charge in [0.05, 0.1) is 5.01 Å². The normalized spacial score (nSPS) is 10.4. The lowest BCUT2D eigenvalue weighted by Crippen LogP contribution is -2.24. The number of hydrogen-bond acceptors (Lipinski definition) is 4. The predicted octanol–water partition coefficient (Wildman–Crippen LogP) is 2.53. The van der Waals surface area contributed by atoms with Gasteiger partial charge in [0.2, 0.25) is 5.91 Å². The van der Waals surface area contributed by atoms with Crippen LogP contribution in [0.15, 0.2) is 29.9 Å². The summed E-state index contributed by atoms with van der Waals surface area (Å²) >= 11 is 1.69. The van der Waals surface area contributed by atoms with Crippen molar-refractivity contribution < 1.29 is 4.79 Å². The molecule has 20 heavy (non-hydrogen) atoms. The zero-order valence-electron chi connectivity index (χ0n) is 11.6. The van der Waals surface area contributed by atoms with Crippen molar-refractivity contribution >= 4 is 17.2 Å². The van der Waals surface area contributed by atoms with Gasteiger partial charge in [0.1, 0.15) is 0 Å². The Morgan fingerprint density at radius 1 is 1.40 bits per heavy atom. The molecular weight excluding hydrogens is 270 g/mol. The smallest absolute Gasteiger partial charge is 0.220 e. The third kappa shape index (κ3) is 5.09. The van der Waals surface area contributed by atoms with Gasteiger partial charge in [-0.15, -0.1) is 11.3 Å². The molecule has 2 aromatic heterocycles. The van der Waals surface area contributed by atoms with Crippen molar-refractivity contribution in [3.05, 3.63) is 46.2 Å². The first-order chi connectivity index (χ1) is 9.74. The topological polar surface area (TPSA) is 54.9 Å². The van der Waals surface area contributed by atoms with Crippen LogP contribution in [0.3, 0.4) is 0 Å². The Morgan fingerprint density at radius 2 is 2.30 bits per heavy atom. The molecule has 0 saturated carbocycles. The Labute approximate surface area is 123 Å². The second-order valence-corrected chi connectivity index (χ2v) is 5.64. The summed E-state index contributed by atoms with van der Waals surface area (Å²) in [5, 5.41) is 6.15. The zero-order valence-corrected chi connectivity index (χ0v) is 12.4. The fourth-order valence-corrected chi connectivity index (χ4v) is 2.70. The van der Waals surface area contributed by atoms with Crippen LogP contribution in [0, 0.1) is 6.92 Å². The SMILES string of the molecule is Cc1csc(CCCNC(=O)CCc2cccnc2)n1. The molecule has 2 aromatic rings. The summed E-state index contributed by atoms with van der Waals surface area (Å²) < 4.78 is 0. The Balaban J connectivity index is 1.58. The second-order valence-electron chi connectivity index (χ2n) is 4.70. The lowest BCUT2D eigenvalue weighted by atomic mass is 10.1. The fraction of sp³-hybridized carbons (Fsp3) is 0.400.